The number of benzene rings is 1. The number of aliphatic hydroxyl groups is 6. The van der Waals surface area contributed by atoms with Crippen molar-refractivity contribution in [3.05, 3.63) is 40.2 Å². The molecule has 12 heteroatoms. The van der Waals surface area contributed by atoms with E-state index in [1.807, 2.05) is 0 Å². The maximum atomic E-state index is 11.7. The predicted octanol–water partition coefficient (Wildman–Crippen LogP) is -1.87. The number of hydrogen-bond acceptors (Lipinski definition) is 12. The van der Waals surface area contributed by atoms with Gasteiger partial charge in [0.25, 0.3) is 0 Å². The summed E-state index contributed by atoms with van der Waals surface area (Å²) >= 11 is 0. The fourth-order valence-corrected chi connectivity index (χ4v) is 4.10. The molecule has 4 rings (SSSR count). The highest BCUT2D eigenvalue weighted by Gasteiger charge is 2.50. The summed E-state index contributed by atoms with van der Waals surface area (Å²) in [6.07, 6.45) is -14.3. The normalized spacial score (nSPS) is 38.7. The molecule has 0 unspecified atom stereocenters. The summed E-state index contributed by atoms with van der Waals surface area (Å²) in [6, 6.07) is 6.01. The number of aliphatic hydroxyl groups excluding tert-OH is 6. The summed E-state index contributed by atoms with van der Waals surface area (Å²) in [6.45, 7) is 2.56. The van der Waals surface area contributed by atoms with Crippen LogP contribution in [0.25, 0.3) is 11.0 Å². The van der Waals surface area contributed by atoms with E-state index in [1.54, 1.807) is 19.1 Å². The van der Waals surface area contributed by atoms with Crippen molar-refractivity contribution in [2.45, 2.75) is 75.3 Å². The van der Waals surface area contributed by atoms with Gasteiger partial charge in [-0.05, 0) is 31.5 Å². The summed E-state index contributed by atoms with van der Waals surface area (Å²) in [7, 11) is 0. The standard InChI is InChI=1S/C22H28O12/c1-8-5-14(24)32-12-6-10(3-4-11(8)12)31-22-19(29)20(16(26)13(7-23)33-22)34-21-18(28)17(27)15(25)9(2)30-21/h3-6,9,13,15-23,25-29H,7H2,1-2H3/t9-,13+,15+,16-,17-,18+,19-,20-,21-,22+/m0/s1. The van der Waals surface area contributed by atoms with Crippen LogP contribution in [0.15, 0.2) is 33.5 Å². The molecular weight excluding hydrogens is 456 g/mol. The van der Waals surface area contributed by atoms with Gasteiger partial charge in [0.1, 0.15) is 54.1 Å². The number of ether oxygens (including phenoxy) is 4. The van der Waals surface area contributed by atoms with Gasteiger partial charge in [-0.1, -0.05) is 0 Å². The molecule has 188 valence electrons. The summed E-state index contributed by atoms with van der Waals surface area (Å²) < 4.78 is 27.4. The summed E-state index contributed by atoms with van der Waals surface area (Å²) in [5.41, 5.74) is 0.413. The van der Waals surface area contributed by atoms with E-state index in [1.165, 1.54) is 19.1 Å². The van der Waals surface area contributed by atoms with Crippen molar-refractivity contribution in [2.24, 2.45) is 0 Å². The highest BCUT2D eigenvalue weighted by Crippen LogP contribution is 2.31. The summed E-state index contributed by atoms with van der Waals surface area (Å²) in [5.74, 6) is 0.165. The van der Waals surface area contributed by atoms with Crippen LogP contribution in [0, 0.1) is 6.92 Å². The molecule has 3 heterocycles. The van der Waals surface area contributed by atoms with Crippen molar-refractivity contribution in [1.29, 1.82) is 0 Å². The first-order chi connectivity index (χ1) is 16.1. The van der Waals surface area contributed by atoms with Crippen molar-refractivity contribution in [3.63, 3.8) is 0 Å². The van der Waals surface area contributed by atoms with E-state index in [0.29, 0.717) is 10.9 Å². The van der Waals surface area contributed by atoms with Crippen LogP contribution in [0.4, 0.5) is 0 Å². The topological polar surface area (TPSA) is 189 Å². The molecule has 0 saturated carbocycles. The zero-order valence-electron chi connectivity index (χ0n) is 18.4. The van der Waals surface area contributed by atoms with Crippen LogP contribution in [0.3, 0.4) is 0 Å². The third-order valence-electron chi connectivity index (χ3n) is 6.10. The molecule has 0 amide bonds. The molecule has 1 aromatic heterocycles. The predicted molar refractivity (Wildman–Crippen MR) is 113 cm³/mol. The van der Waals surface area contributed by atoms with Crippen molar-refractivity contribution >= 4 is 11.0 Å². The first-order valence-corrected chi connectivity index (χ1v) is 10.8. The second-order valence-corrected chi connectivity index (χ2v) is 8.51. The van der Waals surface area contributed by atoms with Gasteiger partial charge in [-0.2, -0.15) is 0 Å². The highest BCUT2D eigenvalue weighted by molar-refractivity contribution is 5.81. The average molecular weight is 484 g/mol. The average Bonchev–Trinajstić information content (AvgIpc) is 2.79. The lowest BCUT2D eigenvalue weighted by Gasteiger charge is -2.45. The Hall–Kier alpha value is -2.13. The first-order valence-electron chi connectivity index (χ1n) is 10.8. The quantitative estimate of drug-likeness (QED) is 0.260. The van der Waals surface area contributed by atoms with Crippen molar-refractivity contribution in [2.75, 3.05) is 6.61 Å². The molecule has 10 atom stereocenters. The lowest BCUT2D eigenvalue weighted by molar-refractivity contribution is -0.349. The third-order valence-corrected chi connectivity index (χ3v) is 6.10. The number of fused-ring (bicyclic) bond motifs is 1. The lowest BCUT2D eigenvalue weighted by Crippen LogP contribution is -2.64. The van der Waals surface area contributed by atoms with Gasteiger partial charge in [0, 0.05) is 17.5 Å². The molecule has 0 spiro atoms. The van der Waals surface area contributed by atoms with E-state index in [9.17, 15) is 35.4 Å². The Morgan fingerprint density at radius 2 is 1.65 bits per heavy atom. The fraction of sp³-hybridized carbons (Fsp3) is 0.591. The number of aryl methyl sites for hydroxylation is 1. The van der Waals surface area contributed by atoms with Gasteiger partial charge in [-0.25, -0.2) is 4.79 Å². The molecule has 1 aromatic carbocycles. The third kappa shape index (κ3) is 4.69. The van der Waals surface area contributed by atoms with Gasteiger partial charge < -0.3 is 54.0 Å². The molecule has 2 aliphatic rings. The smallest absolute Gasteiger partial charge is 0.336 e. The Morgan fingerprint density at radius 3 is 2.35 bits per heavy atom. The molecule has 0 radical (unpaired) electrons. The molecule has 34 heavy (non-hydrogen) atoms. The van der Waals surface area contributed by atoms with Crippen molar-refractivity contribution in [3.8, 4) is 5.75 Å². The van der Waals surface area contributed by atoms with Crippen molar-refractivity contribution < 1.29 is 54.0 Å². The van der Waals surface area contributed by atoms with Gasteiger partial charge in [-0.3, -0.25) is 0 Å². The van der Waals surface area contributed by atoms with Gasteiger partial charge in [0.2, 0.25) is 6.29 Å². The minimum atomic E-state index is -1.67. The fourth-order valence-electron chi connectivity index (χ4n) is 4.10. The molecule has 2 aliphatic heterocycles. The van der Waals surface area contributed by atoms with Crippen LogP contribution >= 0.6 is 0 Å². The summed E-state index contributed by atoms with van der Waals surface area (Å²) in [5, 5.41) is 61.8. The van der Waals surface area contributed by atoms with Crippen LogP contribution in [-0.4, -0.2) is 98.7 Å². The Kier molecular flexibility index (Phi) is 7.24. The summed E-state index contributed by atoms with van der Waals surface area (Å²) in [4.78, 5) is 11.7. The maximum absolute atomic E-state index is 11.7. The number of hydrogen-bond donors (Lipinski definition) is 6. The molecule has 2 saturated heterocycles. The van der Waals surface area contributed by atoms with Gasteiger partial charge in [0.05, 0.1) is 12.7 Å². The van der Waals surface area contributed by atoms with E-state index in [2.05, 4.69) is 0 Å². The van der Waals surface area contributed by atoms with Crippen molar-refractivity contribution in [1.82, 2.24) is 0 Å². The van der Waals surface area contributed by atoms with E-state index < -0.39 is 73.6 Å². The molecule has 12 nitrogen and oxygen atoms in total. The molecular formula is C22H28O12. The largest absolute Gasteiger partial charge is 0.462 e. The van der Waals surface area contributed by atoms with Gasteiger partial charge in [0.15, 0.2) is 6.29 Å². The number of rotatable bonds is 5. The highest BCUT2D eigenvalue weighted by atomic mass is 16.7. The van der Waals surface area contributed by atoms with E-state index in [4.69, 9.17) is 23.4 Å². The van der Waals surface area contributed by atoms with Crippen LogP contribution in [0.2, 0.25) is 0 Å². The van der Waals surface area contributed by atoms with E-state index in [-0.39, 0.29) is 11.3 Å². The molecule has 0 bridgehead atoms. The second-order valence-electron chi connectivity index (χ2n) is 8.51. The Bertz CT molecular complexity index is 1060. The lowest BCUT2D eigenvalue weighted by atomic mass is 9.97. The zero-order chi connectivity index (χ0) is 24.7. The van der Waals surface area contributed by atoms with Gasteiger partial charge >= 0.3 is 5.63 Å². The SMILES string of the molecule is Cc1cc(=O)oc2cc(O[C@@H]3O[C@H](CO)[C@H](O)[C@H](O[C@@H]4O[C@@H](C)[C@@H](O)[C@H](O)[C@H]4O)[C@@H]3O)ccc12. The molecule has 6 N–H and O–H groups in total. The maximum Gasteiger partial charge on any atom is 0.336 e. The Morgan fingerprint density at radius 1 is 0.912 bits per heavy atom. The first kappa shape index (κ1) is 25.0. The molecule has 0 aliphatic carbocycles. The van der Waals surface area contributed by atoms with Crippen LogP contribution in [0.1, 0.15) is 12.5 Å². The second kappa shape index (κ2) is 9.85. The minimum Gasteiger partial charge on any atom is -0.462 e. The van der Waals surface area contributed by atoms with Crippen LogP contribution in [-0.2, 0) is 14.2 Å². The van der Waals surface area contributed by atoms with Crippen LogP contribution < -0.4 is 10.4 Å². The minimum absolute atomic E-state index is 0.165. The molecule has 2 fully saturated rings. The van der Waals surface area contributed by atoms with E-state index in [0.717, 1.165) is 0 Å². The molecule has 2 aromatic rings. The monoisotopic (exact) mass is 484 g/mol. The zero-order valence-corrected chi connectivity index (χ0v) is 18.4. The Balaban J connectivity index is 1.56. The van der Waals surface area contributed by atoms with Gasteiger partial charge in [-0.15, -0.1) is 0 Å². The Labute approximate surface area is 193 Å². The van der Waals surface area contributed by atoms with E-state index >= 15 is 0 Å². The van der Waals surface area contributed by atoms with Crippen LogP contribution in [0.5, 0.6) is 5.75 Å².